The van der Waals surface area contributed by atoms with E-state index in [4.69, 9.17) is 0 Å². The van der Waals surface area contributed by atoms with Crippen LogP contribution in [0.5, 0.6) is 0 Å². The third-order valence-electron chi connectivity index (χ3n) is 2.61. The maximum atomic E-state index is 11.7. The molecule has 4 nitrogen and oxygen atoms in total. The van der Waals surface area contributed by atoms with Crippen LogP contribution >= 0.6 is 15.9 Å². The van der Waals surface area contributed by atoms with Crippen molar-refractivity contribution in [3.05, 3.63) is 29.8 Å². The number of nitrogens with zero attached hydrogens (tertiary/aromatic N) is 1. The van der Waals surface area contributed by atoms with Crippen molar-refractivity contribution in [3.63, 3.8) is 0 Å². The number of alkyl halides is 1. The molecule has 104 valence electrons. The molecule has 0 saturated heterocycles. The highest BCUT2D eigenvalue weighted by atomic mass is 79.9. The number of halogens is 1. The monoisotopic (exact) mass is 326 g/mol. The maximum Gasteiger partial charge on any atom is 0.253 e. The third kappa shape index (κ3) is 5.42. The van der Waals surface area contributed by atoms with E-state index in [1.165, 1.54) is 4.90 Å². The molecule has 1 aromatic rings. The Labute approximate surface area is 122 Å². The van der Waals surface area contributed by atoms with Crippen molar-refractivity contribution in [2.75, 3.05) is 24.7 Å². The van der Waals surface area contributed by atoms with Crippen LogP contribution < -0.4 is 5.32 Å². The molecular weight excluding hydrogens is 308 g/mol. The molecule has 0 fully saturated rings. The Hall–Kier alpha value is -1.36. The van der Waals surface area contributed by atoms with E-state index in [1.807, 2.05) is 0 Å². The first-order valence-electron chi connectivity index (χ1n) is 6.22. The molecular formula is C14H19BrN2O2. The van der Waals surface area contributed by atoms with Gasteiger partial charge in [-0.05, 0) is 37.1 Å². The first-order valence-corrected chi connectivity index (χ1v) is 7.34. The standard InChI is InChI=1S/C14H19BrN2O2/c1-17(2)14(19)11-6-8-12(9-7-11)16-13(18)5-3-4-10-15/h6-9H,3-5,10H2,1-2H3,(H,16,18). The zero-order chi connectivity index (χ0) is 14.3. The van der Waals surface area contributed by atoms with Gasteiger partial charge >= 0.3 is 0 Å². The van der Waals surface area contributed by atoms with Gasteiger partial charge in [0, 0.05) is 37.1 Å². The second-order valence-corrected chi connectivity index (χ2v) is 5.26. The highest BCUT2D eigenvalue weighted by Crippen LogP contribution is 2.11. The Morgan fingerprint density at radius 1 is 1.16 bits per heavy atom. The van der Waals surface area contributed by atoms with Crippen LogP contribution in [0, 0.1) is 0 Å². The Morgan fingerprint density at radius 3 is 2.32 bits per heavy atom. The molecule has 5 heteroatoms. The lowest BCUT2D eigenvalue weighted by Gasteiger charge is -2.11. The van der Waals surface area contributed by atoms with Crippen LogP contribution in [0.3, 0.4) is 0 Å². The summed E-state index contributed by atoms with van der Waals surface area (Å²) in [5.41, 5.74) is 1.33. The molecule has 0 aliphatic rings. The molecule has 0 atom stereocenters. The quantitative estimate of drug-likeness (QED) is 0.645. The second-order valence-electron chi connectivity index (χ2n) is 4.47. The van der Waals surface area contributed by atoms with Crippen LogP contribution in [0.2, 0.25) is 0 Å². The smallest absolute Gasteiger partial charge is 0.253 e. The average Bonchev–Trinajstić information content (AvgIpc) is 2.39. The van der Waals surface area contributed by atoms with Crippen LogP contribution in [0.15, 0.2) is 24.3 Å². The van der Waals surface area contributed by atoms with E-state index in [2.05, 4.69) is 21.2 Å². The summed E-state index contributed by atoms with van der Waals surface area (Å²) in [5.74, 6) is -0.0390. The normalized spacial score (nSPS) is 10.1. The number of unbranched alkanes of at least 4 members (excludes halogenated alkanes) is 1. The molecule has 0 radical (unpaired) electrons. The van der Waals surface area contributed by atoms with Gasteiger partial charge in [-0.25, -0.2) is 0 Å². The van der Waals surface area contributed by atoms with Gasteiger partial charge in [-0.15, -0.1) is 0 Å². The van der Waals surface area contributed by atoms with Gasteiger partial charge < -0.3 is 10.2 Å². The minimum atomic E-state index is -0.0461. The van der Waals surface area contributed by atoms with Crippen molar-refractivity contribution in [2.24, 2.45) is 0 Å². The largest absolute Gasteiger partial charge is 0.345 e. The van der Waals surface area contributed by atoms with Gasteiger partial charge in [0.1, 0.15) is 0 Å². The SMILES string of the molecule is CN(C)C(=O)c1ccc(NC(=O)CCCCBr)cc1. The van der Waals surface area contributed by atoms with Crippen LogP contribution in [-0.2, 0) is 4.79 Å². The van der Waals surface area contributed by atoms with E-state index in [1.54, 1.807) is 38.4 Å². The van der Waals surface area contributed by atoms with Gasteiger partial charge in [0.05, 0.1) is 0 Å². The van der Waals surface area contributed by atoms with Crippen LogP contribution in [0.4, 0.5) is 5.69 Å². The summed E-state index contributed by atoms with van der Waals surface area (Å²) < 4.78 is 0. The predicted octanol–water partition coefficient (Wildman–Crippen LogP) is 2.89. The van der Waals surface area contributed by atoms with Crippen LogP contribution in [-0.4, -0.2) is 36.1 Å². The molecule has 0 bridgehead atoms. The molecule has 0 aliphatic carbocycles. The first-order chi connectivity index (χ1) is 9.04. The van der Waals surface area contributed by atoms with Gasteiger partial charge in [-0.3, -0.25) is 9.59 Å². The fourth-order valence-corrected chi connectivity index (χ4v) is 1.95. The molecule has 1 aromatic carbocycles. The lowest BCUT2D eigenvalue weighted by Crippen LogP contribution is -2.21. The van der Waals surface area contributed by atoms with Crippen LogP contribution in [0.1, 0.15) is 29.6 Å². The summed E-state index contributed by atoms with van der Waals surface area (Å²) in [6.07, 6.45) is 2.38. The zero-order valence-corrected chi connectivity index (χ0v) is 12.9. The second kappa shape index (κ2) is 7.94. The summed E-state index contributed by atoms with van der Waals surface area (Å²) >= 11 is 3.33. The Morgan fingerprint density at radius 2 is 1.79 bits per heavy atom. The number of carbonyl (C=O) groups excluding carboxylic acids is 2. The number of nitrogens with one attached hydrogen (secondary N) is 1. The van der Waals surface area contributed by atoms with E-state index in [0.29, 0.717) is 12.0 Å². The minimum absolute atomic E-state index is 0.00707. The summed E-state index contributed by atoms with van der Waals surface area (Å²) in [4.78, 5) is 24.8. The van der Waals surface area contributed by atoms with Gasteiger partial charge in [0.2, 0.25) is 5.91 Å². The van der Waals surface area contributed by atoms with Crippen molar-refractivity contribution in [2.45, 2.75) is 19.3 Å². The number of hydrogen-bond acceptors (Lipinski definition) is 2. The molecule has 1 rings (SSSR count). The summed E-state index contributed by atoms with van der Waals surface area (Å²) in [5, 5.41) is 3.74. The van der Waals surface area contributed by atoms with Gasteiger partial charge in [-0.1, -0.05) is 15.9 Å². The number of rotatable bonds is 6. The Kier molecular flexibility index (Phi) is 6.56. The van der Waals surface area contributed by atoms with Gasteiger partial charge in [0.15, 0.2) is 0 Å². The highest BCUT2D eigenvalue weighted by molar-refractivity contribution is 9.09. The molecule has 19 heavy (non-hydrogen) atoms. The topological polar surface area (TPSA) is 49.4 Å². The minimum Gasteiger partial charge on any atom is -0.345 e. The number of carbonyl (C=O) groups is 2. The summed E-state index contributed by atoms with van der Waals surface area (Å²) in [6.45, 7) is 0. The van der Waals surface area contributed by atoms with E-state index in [0.717, 1.165) is 23.9 Å². The van der Waals surface area contributed by atoms with E-state index < -0.39 is 0 Å². The van der Waals surface area contributed by atoms with Gasteiger partial charge in [0.25, 0.3) is 5.91 Å². The highest BCUT2D eigenvalue weighted by Gasteiger charge is 2.08. The zero-order valence-electron chi connectivity index (χ0n) is 11.3. The Balaban J connectivity index is 2.52. The van der Waals surface area contributed by atoms with Crippen molar-refractivity contribution in [1.82, 2.24) is 4.90 Å². The van der Waals surface area contributed by atoms with Crippen molar-refractivity contribution < 1.29 is 9.59 Å². The van der Waals surface area contributed by atoms with E-state index >= 15 is 0 Å². The molecule has 2 amide bonds. The van der Waals surface area contributed by atoms with Crippen molar-refractivity contribution >= 4 is 33.4 Å². The molecule has 0 spiro atoms. The number of benzene rings is 1. The fraction of sp³-hybridized carbons (Fsp3) is 0.429. The van der Waals surface area contributed by atoms with E-state index in [9.17, 15) is 9.59 Å². The number of hydrogen-bond donors (Lipinski definition) is 1. The number of anilines is 1. The molecule has 1 N–H and O–H groups in total. The molecule has 0 heterocycles. The lowest BCUT2D eigenvalue weighted by atomic mass is 10.2. The number of amides is 2. The average molecular weight is 327 g/mol. The molecule has 0 aliphatic heterocycles. The van der Waals surface area contributed by atoms with Gasteiger partial charge in [-0.2, -0.15) is 0 Å². The molecule has 0 aromatic heterocycles. The van der Waals surface area contributed by atoms with Crippen LogP contribution in [0.25, 0.3) is 0 Å². The third-order valence-corrected chi connectivity index (χ3v) is 3.17. The first kappa shape index (κ1) is 15.7. The predicted molar refractivity (Wildman–Crippen MR) is 80.7 cm³/mol. The summed E-state index contributed by atoms with van der Waals surface area (Å²) in [7, 11) is 3.42. The Bertz CT molecular complexity index is 430. The van der Waals surface area contributed by atoms with E-state index in [-0.39, 0.29) is 11.8 Å². The van der Waals surface area contributed by atoms with Crippen molar-refractivity contribution in [1.29, 1.82) is 0 Å². The summed E-state index contributed by atoms with van der Waals surface area (Å²) in [6, 6.07) is 6.94. The van der Waals surface area contributed by atoms with Crippen molar-refractivity contribution in [3.8, 4) is 0 Å². The lowest BCUT2D eigenvalue weighted by molar-refractivity contribution is -0.116. The molecule has 0 unspecified atom stereocenters. The maximum absolute atomic E-state index is 11.7. The molecule has 0 saturated carbocycles. The fourth-order valence-electron chi connectivity index (χ4n) is 1.56.